The van der Waals surface area contributed by atoms with Crippen molar-refractivity contribution in [1.82, 2.24) is 4.57 Å². The number of methoxy groups -OCH3 is 1. The van der Waals surface area contributed by atoms with Crippen LogP contribution in [-0.4, -0.2) is 30.2 Å². The van der Waals surface area contributed by atoms with Gasteiger partial charge >= 0.3 is 0 Å². The third kappa shape index (κ3) is 2.72. The van der Waals surface area contributed by atoms with Crippen LogP contribution in [0.25, 0.3) is 21.8 Å². The molecular formula is C18H20N4O2. The molecule has 0 aliphatic heterocycles. The molecule has 6 nitrogen and oxygen atoms in total. The van der Waals surface area contributed by atoms with E-state index in [1.165, 1.54) is 0 Å². The standard InChI is InChI=1S/C18H20N4O2/c1-11(10-24-2)22-15-6-4-3-5-13(15)14-8-7-12(9-16(14)22)17(23)21-18(19)20/h3-9,11H,10H2,1-2H3,(H4,19,20,21,23). The number of carbonyl (C=O) groups is 1. The highest BCUT2D eigenvalue weighted by atomic mass is 16.5. The van der Waals surface area contributed by atoms with Crippen LogP contribution >= 0.6 is 0 Å². The van der Waals surface area contributed by atoms with Crippen LogP contribution in [0.3, 0.4) is 0 Å². The highest BCUT2D eigenvalue weighted by Crippen LogP contribution is 2.32. The molecule has 0 radical (unpaired) electrons. The van der Waals surface area contributed by atoms with Gasteiger partial charge in [-0.15, -0.1) is 0 Å². The van der Waals surface area contributed by atoms with Gasteiger partial charge in [-0.05, 0) is 25.1 Å². The number of hydrogen-bond acceptors (Lipinski definition) is 2. The van der Waals surface area contributed by atoms with Gasteiger partial charge in [0.15, 0.2) is 5.96 Å². The van der Waals surface area contributed by atoms with E-state index in [9.17, 15) is 4.79 Å². The zero-order valence-corrected chi connectivity index (χ0v) is 13.7. The summed E-state index contributed by atoms with van der Waals surface area (Å²) in [6.45, 7) is 2.65. The number of guanidine groups is 1. The Kier molecular flexibility index (Phi) is 4.22. The molecule has 24 heavy (non-hydrogen) atoms. The Morgan fingerprint density at radius 3 is 2.58 bits per heavy atom. The van der Waals surface area contributed by atoms with Crippen LogP contribution in [0.1, 0.15) is 23.3 Å². The van der Waals surface area contributed by atoms with Gasteiger partial charge < -0.3 is 20.8 Å². The molecule has 2 aromatic carbocycles. The summed E-state index contributed by atoms with van der Waals surface area (Å²) >= 11 is 0. The van der Waals surface area contributed by atoms with Crippen LogP contribution in [0.4, 0.5) is 0 Å². The Morgan fingerprint density at radius 1 is 1.17 bits per heavy atom. The van der Waals surface area contributed by atoms with Crippen molar-refractivity contribution in [2.75, 3.05) is 13.7 Å². The van der Waals surface area contributed by atoms with E-state index in [1.807, 2.05) is 24.3 Å². The Labute approximate surface area is 139 Å². The van der Waals surface area contributed by atoms with E-state index in [0.29, 0.717) is 12.2 Å². The quantitative estimate of drug-likeness (QED) is 0.569. The van der Waals surface area contributed by atoms with Gasteiger partial charge in [-0.1, -0.05) is 24.3 Å². The normalized spacial score (nSPS) is 12.4. The molecule has 4 N–H and O–H groups in total. The average molecular weight is 324 g/mol. The lowest BCUT2D eigenvalue weighted by Gasteiger charge is -2.16. The van der Waals surface area contributed by atoms with E-state index in [1.54, 1.807) is 13.2 Å². The number of hydrogen-bond donors (Lipinski definition) is 2. The van der Waals surface area contributed by atoms with Gasteiger partial charge in [-0.3, -0.25) is 4.79 Å². The molecule has 6 heteroatoms. The summed E-state index contributed by atoms with van der Waals surface area (Å²) in [7, 11) is 1.68. The minimum Gasteiger partial charge on any atom is -0.383 e. The predicted octanol–water partition coefficient (Wildman–Crippen LogP) is 2.42. The van der Waals surface area contributed by atoms with Crippen molar-refractivity contribution in [2.45, 2.75) is 13.0 Å². The highest BCUT2D eigenvalue weighted by molar-refractivity contribution is 6.11. The highest BCUT2D eigenvalue weighted by Gasteiger charge is 2.16. The third-order valence-electron chi connectivity index (χ3n) is 4.04. The second-order valence-corrected chi connectivity index (χ2v) is 5.77. The lowest BCUT2D eigenvalue weighted by Crippen LogP contribution is -2.24. The van der Waals surface area contributed by atoms with Gasteiger partial charge in [0.1, 0.15) is 0 Å². The summed E-state index contributed by atoms with van der Waals surface area (Å²) in [6.07, 6.45) is 0. The molecule has 0 aliphatic rings. The van der Waals surface area contributed by atoms with E-state index < -0.39 is 5.91 Å². The third-order valence-corrected chi connectivity index (χ3v) is 4.04. The molecule has 0 spiro atoms. The van der Waals surface area contributed by atoms with Gasteiger partial charge in [0.05, 0.1) is 18.2 Å². The van der Waals surface area contributed by atoms with Crippen LogP contribution in [0.15, 0.2) is 47.5 Å². The Balaban J connectivity index is 2.27. The molecule has 1 heterocycles. The zero-order chi connectivity index (χ0) is 17.3. The van der Waals surface area contributed by atoms with E-state index >= 15 is 0 Å². The number of aliphatic imine (C=N–C) groups is 1. The second-order valence-electron chi connectivity index (χ2n) is 5.77. The first-order chi connectivity index (χ1) is 11.5. The fraction of sp³-hybridized carbons (Fsp3) is 0.222. The summed E-state index contributed by atoms with van der Waals surface area (Å²) in [5, 5.41) is 2.21. The minimum atomic E-state index is -0.451. The first-order valence-corrected chi connectivity index (χ1v) is 7.68. The number of amides is 1. The summed E-state index contributed by atoms with van der Waals surface area (Å²) in [4.78, 5) is 15.8. The number of para-hydroxylation sites is 1. The van der Waals surface area contributed by atoms with Crippen LogP contribution in [0, 0.1) is 0 Å². The summed E-state index contributed by atoms with van der Waals surface area (Å²) in [5.74, 6) is -0.693. The van der Waals surface area contributed by atoms with Crippen LogP contribution < -0.4 is 11.5 Å². The first-order valence-electron chi connectivity index (χ1n) is 7.68. The van der Waals surface area contributed by atoms with Crippen molar-refractivity contribution >= 4 is 33.7 Å². The molecule has 0 fully saturated rings. The van der Waals surface area contributed by atoms with E-state index in [2.05, 4.69) is 28.6 Å². The smallest absolute Gasteiger partial charge is 0.280 e. The Hall–Kier alpha value is -2.86. The lowest BCUT2D eigenvalue weighted by molar-refractivity contribution is 0.100. The molecule has 0 saturated heterocycles. The minimum absolute atomic E-state index is 0.117. The molecule has 0 aliphatic carbocycles. The first kappa shape index (κ1) is 16.0. The maximum atomic E-state index is 12.1. The van der Waals surface area contributed by atoms with Crippen molar-refractivity contribution < 1.29 is 9.53 Å². The molecule has 3 aromatic rings. The van der Waals surface area contributed by atoms with Gasteiger partial charge in [-0.25, -0.2) is 0 Å². The summed E-state index contributed by atoms with van der Waals surface area (Å²) in [5.41, 5.74) is 13.1. The molecule has 0 bridgehead atoms. The maximum absolute atomic E-state index is 12.1. The van der Waals surface area contributed by atoms with E-state index in [4.69, 9.17) is 16.2 Å². The number of carbonyl (C=O) groups excluding carboxylic acids is 1. The molecule has 0 saturated carbocycles. The number of rotatable bonds is 4. The van der Waals surface area contributed by atoms with Gasteiger partial charge in [0.25, 0.3) is 5.91 Å². The molecule has 1 amide bonds. The topological polar surface area (TPSA) is 95.6 Å². The van der Waals surface area contributed by atoms with Crippen LogP contribution in [0.2, 0.25) is 0 Å². The number of ether oxygens (including phenoxy) is 1. The molecule has 124 valence electrons. The number of nitrogens with zero attached hydrogens (tertiary/aromatic N) is 2. The number of benzene rings is 2. The fourth-order valence-electron chi connectivity index (χ4n) is 3.11. The van der Waals surface area contributed by atoms with E-state index in [-0.39, 0.29) is 12.0 Å². The monoisotopic (exact) mass is 324 g/mol. The van der Waals surface area contributed by atoms with Crippen molar-refractivity contribution in [2.24, 2.45) is 16.5 Å². The molecule has 3 rings (SSSR count). The summed E-state index contributed by atoms with van der Waals surface area (Å²) in [6, 6.07) is 13.8. The van der Waals surface area contributed by atoms with Crippen molar-refractivity contribution in [3.63, 3.8) is 0 Å². The van der Waals surface area contributed by atoms with Crippen LogP contribution in [0.5, 0.6) is 0 Å². The molecule has 1 aromatic heterocycles. The van der Waals surface area contributed by atoms with Crippen molar-refractivity contribution in [3.05, 3.63) is 48.0 Å². The summed E-state index contributed by atoms with van der Waals surface area (Å²) < 4.78 is 7.49. The largest absolute Gasteiger partial charge is 0.383 e. The number of aromatic nitrogens is 1. The van der Waals surface area contributed by atoms with E-state index in [0.717, 1.165) is 21.8 Å². The number of nitrogens with two attached hydrogens (primary N) is 2. The van der Waals surface area contributed by atoms with Gasteiger partial charge in [-0.2, -0.15) is 4.99 Å². The molecule has 1 atom stereocenters. The van der Waals surface area contributed by atoms with Crippen molar-refractivity contribution in [3.8, 4) is 0 Å². The Bertz CT molecular complexity index is 939. The SMILES string of the molecule is COCC(C)n1c2ccccc2c2ccc(C(=O)N=C(N)N)cc21. The molecular weight excluding hydrogens is 304 g/mol. The van der Waals surface area contributed by atoms with Gasteiger partial charge in [0, 0.05) is 29.0 Å². The van der Waals surface area contributed by atoms with Crippen LogP contribution in [-0.2, 0) is 4.74 Å². The molecule has 1 unspecified atom stereocenters. The predicted molar refractivity (Wildman–Crippen MR) is 96.2 cm³/mol. The Morgan fingerprint density at radius 2 is 1.88 bits per heavy atom. The van der Waals surface area contributed by atoms with Gasteiger partial charge in [0.2, 0.25) is 0 Å². The number of fused-ring (bicyclic) bond motifs is 3. The van der Waals surface area contributed by atoms with Crippen molar-refractivity contribution in [1.29, 1.82) is 0 Å². The second kappa shape index (κ2) is 6.33. The zero-order valence-electron chi connectivity index (χ0n) is 13.7. The average Bonchev–Trinajstić information content (AvgIpc) is 2.88. The fourth-order valence-corrected chi connectivity index (χ4v) is 3.11. The lowest BCUT2D eigenvalue weighted by atomic mass is 10.1. The maximum Gasteiger partial charge on any atom is 0.280 e.